The summed E-state index contributed by atoms with van der Waals surface area (Å²) in [5.74, 6) is -0.192. The van der Waals surface area contributed by atoms with Crippen molar-refractivity contribution >= 4 is 35.0 Å². The second kappa shape index (κ2) is 8.83. The summed E-state index contributed by atoms with van der Waals surface area (Å²) in [5.41, 5.74) is 1.44. The Morgan fingerprint density at radius 3 is 2.24 bits per heavy atom. The molecule has 29 heavy (non-hydrogen) atoms. The predicted molar refractivity (Wildman–Crippen MR) is 109 cm³/mol. The Kier molecular flexibility index (Phi) is 6.23. The fourth-order valence-electron chi connectivity index (χ4n) is 2.78. The van der Waals surface area contributed by atoms with Gasteiger partial charge in [0.2, 0.25) is 5.75 Å². The third-order valence-corrected chi connectivity index (χ3v) is 4.99. The molecule has 1 aliphatic rings. The number of carbonyl (C=O) groups is 3. The minimum atomic E-state index is -0.517. The van der Waals surface area contributed by atoms with Gasteiger partial charge >= 0.3 is 5.97 Å². The molecule has 0 N–H and O–H groups in total. The molecule has 1 saturated heterocycles. The number of amides is 2. The van der Waals surface area contributed by atoms with Crippen molar-refractivity contribution in [3.05, 3.63) is 58.5 Å². The van der Waals surface area contributed by atoms with Crippen LogP contribution >= 0.6 is 11.8 Å². The number of hydrogen-bond acceptors (Lipinski definition) is 7. The van der Waals surface area contributed by atoms with Crippen LogP contribution < -0.4 is 14.2 Å². The van der Waals surface area contributed by atoms with Gasteiger partial charge in [-0.1, -0.05) is 30.3 Å². The van der Waals surface area contributed by atoms with Gasteiger partial charge in [0.05, 0.1) is 25.7 Å². The minimum Gasteiger partial charge on any atom is -0.493 e. The van der Waals surface area contributed by atoms with Gasteiger partial charge in [0.25, 0.3) is 11.1 Å². The Labute approximate surface area is 172 Å². The molecule has 2 aromatic carbocycles. The van der Waals surface area contributed by atoms with Crippen molar-refractivity contribution in [3.63, 3.8) is 0 Å². The molecule has 0 aromatic heterocycles. The van der Waals surface area contributed by atoms with E-state index in [1.54, 1.807) is 18.2 Å². The molecule has 0 radical (unpaired) electrons. The molecule has 0 saturated carbocycles. The van der Waals surface area contributed by atoms with Crippen LogP contribution in [0.5, 0.6) is 17.2 Å². The zero-order chi connectivity index (χ0) is 21.0. The van der Waals surface area contributed by atoms with Crippen molar-refractivity contribution < 1.29 is 28.6 Å². The van der Waals surface area contributed by atoms with Crippen molar-refractivity contribution in [1.82, 2.24) is 4.90 Å². The zero-order valence-corrected chi connectivity index (χ0v) is 16.9. The normalized spacial score (nSPS) is 15.0. The second-order valence-corrected chi connectivity index (χ2v) is 7.09. The molecule has 0 bridgehead atoms. The summed E-state index contributed by atoms with van der Waals surface area (Å²) in [4.78, 5) is 37.9. The molecule has 2 amide bonds. The Bertz CT molecular complexity index is 961. The number of rotatable bonds is 6. The number of nitrogens with zero attached hydrogens (tertiary/aromatic N) is 1. The molecular formula is C21H19NO6S. The number of ether oxygens (including phenoxy) is 3. The summed E-state index contributed by atoms with van der Waals surface area (Å²) >= 11 is 0.869. The molecule has 1 heterocycles. The molecule has 0 unspecified atom stereocenters. The molecule has 0 spiro atoms. The molecule has 8 heteroatoms. The maximum Gasteiger partial charge on any atom is 0.308 e. The average molecular weight is 413 g/mol. The first-order valence-electron chi connectivity index (χ1n) is 8.66. The summed E-state index contributed by atoms with van der Waals surface area (Å²) in [7, 11) is 2.86. The lowest BCUT2D eigenvalue weighted by atomic mass is 10.1. The van der Waals surface area contributed by atoms with Crippen molar-refractivity contribution in [3.8, 4) is 17.2 Å². The van der Waals surface area contributed by atoms with E-state index in [1.807, 2.05) is 30.3 Å². The van der Waals surface area contributed by atoms with Gasteiger partial charge in [0.15, 0.2) is 11.5 Å². The van der Waals surface area contributed by atoms with E-state index in [1.165, 1.54) is 26.0 Å². The van der Waals surface area contributed by atoms with Crippen LogP contribution in [-0.4, -0.2) is 36.2 Å². The Balaban J connectivity index is 1.90. The summed E-state index contributed by atoms with van der Waals surface area (Å²) in [6.07, 6.45) is 1.58. The Morgan fingerprint density at radius 1 is 1.07 bits per heavy atom. The number of thioether (sulfide) groups is 1. The van der Waals surface area contributed by atoms with E-state index in [0.29, 0.717) is 5.56 Å². The number of benzene rings is 2. The lowest BCUT2D eigenvalue weighted by molar-refractivity contribution is -0.132. The van der Waals surface area contributed by atoms with E-state index in [9.17, 15) is 14.4 Å². The van der Waals surface area contributed by atoms with Crippen LogP contribution in [0.4, 0.5) is 4.79 Å². The van der Waals surface area contributed by atoms with Crippen LogP contribution in [0.3, 0.4) is 0 Å². The number of hydrogen-bond donors (Lipinski definition) is 0. The van der Waals surface area contributed by atoms with Gasteiger partial charge < -0.3 is 14.2 Å². The molecular weight excluding hydrogens is 394 g/mol. The summed E-state index contributed by atoms with van der Waals surface area (Å²) in [6, 6.07) is 12.5. The highest BCUT2D eigenvalue weighted by Crippen LogP contribution is 2.40. The minimum absolute atomic E-state index is 0.150. The van der Waals surface area contributed by atoms with Crippen molar-refractivity contribution in [1.29, 1.82) is 0 Å². The van der Waals surface area contributed by atoms with Gasteiger partial charge in [-0.15, -0.1) is 0 Å². The monoisotopic (exact) mass is 413 g/mol. The van der Waals surface area contributed by atoms with E-state index < -0.39 is 5.97 Å². The highest BCUT2D eigenvalue weighted by Gasteiger charge is 2.35. The van der Waals surface area contributed by atoms with Gasteiger partial charge in [-0.05, 0) is 41.1 Å². The molecule has 3 rings (SSSR count). The van der Waals surface area contributed by atoms with Crippen molar-refractivity contribution in [2.45, 2.75) is 13.5 Å². The van der Waals surface area contributed by atoms with Crippen LogP contribution in [0, 0.1) is 0 Å². The number of esters is 1. The molecule has 0 atom stereocenters. The van der Waals surface area contributed by atoms with Gasteiger partial charge in [-0.3, -0.25) is 19.3 Å². The van der Waals surface area contributed by atoms with Gasteiger partial charge in [-0.2, -0.15) is 0 Å². The van der Waals surface area contributed by atoms with Gasteiger partial charge in [-0.25, -0.2) is 0 Å². The first kappa shape index (κ1) is 20.5. The fraction of sp³-hybridized carbons (Fsp3) is 0.190. The summed E-state index contributed by atoms with van der Waals surface area (Å²) in [6.45, 7) is 1.48. The molecule has 1 aliphatic heterocycles. The van der Waals surface area contributed by atoms with Crippen LogP contribution in [0.25, 0.3) is 6.08 Å². The highest BCUT2D eigenvalue weighted by molar-refractivity contribution is 8.18. The van der Waals surface area contributed by atoms with Crippen molar-refractivity contribution in [2.75, 3.05) is 14.2 Å². The van der Waals surface area contributed by atoms with E-state index in [4.69, 9.17) is 14.2 Å². The molecule has 0 aliphatic carbocycles. The quantitative estimate of drug-likeness (QED) is 0.404. The standard InChI is InChI=1S/C21H19NO6S/c1-13(23)28-19-16(26-2)9-15(10-17(19)27-3)11-18-20(24)22(21(25)29-18)12-14-7-5-4-6-8-14/h4-11H,12H2,1-3H3/b18-11-. The van der Waals surface area contributed by atoms with Crippen LogP contribution in [0.2, 0.25) is 0 Å². The largest absolute Gasteiger partial charge is 0.493 e. The summed E-state index contributed by atoms with van der Waals surface area (Å²) in [5, 5.41) is -0.333. The summed E-state index contributed by atoms with van der Waals surface area (Å²) < 4.78 is 15.7. The topological polar surface area (TPSA) is 82.1 Å². The van der Waals surface area contributed by atoms with E-state index >= 15 is 0 Å². The molecule has 1 fully saturated rings. The third-order valence-electron chi connectivity index (χ3n) is 4.08. The maximum absolute atomic E-state index is 12.7. The molecule has 2 aromatic rings. The highest BCUT2D eigenvalue weighted by atomic mass is 32.2. The zero-order valence-electron chi connectivity index (χ0n) is 16.1. The lowest BCUT2D eigenvalue weighted by Crippen LogP contribution is -2.27. The fourth-order valence-corrected chi connectivity index (χ4v) is 3.62. The second-order valence-electron chi connectivity index (χ2n) is 6.10. The first-order valence-corrected chi connectivity index (χ1v) is 9.48. The third kappa shape index (κ3) is 4.60. The van der Waals surface area contributed by atoms with Crippen molar-refractivity contribution in [2.24, 2.45) is 0 Å². The molecule has 7 nitrogen and oxygen atoms in total. The van der Waals surface area contributed by atoms with Crippen LogP contribution in [-0.2, 0) is 16.1 Å². The number of imide groups is 1. The van der Waals surface area contributed by atoms with Crippen LogP contribution in [0.1, 0.15) is 18.1 Å². The first-order chi connectivity index (χ1) is 13.9. The maximum atomic E-state index is 12.7. The smallest absolute Gasteiger partial charge is 0.308 e. The van der Waals surface area contributed by atoms with Gasteiger partial charge in [0, 0.05) is 6.92 Å². The molecule has 150 valence electrons. The van der Waals surface area contributed by atoms with Gasteiger partial charge in [0.1, 0.15) is 0 Å². The predicted octanol–water partition coefficient (Wildman–Crippen LogP) is 3.87. The van der Waals surface area contributed by atoms with E-state index in [0.717, 1.165) is 17.3 Å². The number of methoxy groups -OCH3 is 2. The van der Waals surface area contributed by atoms with E-state index in [2.05, 4.69) is 0 Å². The lowest BCUT2D eigenvalue weighted by Gasteiger charge is -2.13. The Hall–Kier alpha value is -3.26. The van der Waals surface area contributed by atoms with E-state index in [-0.39, 0.29) is 39.8 Å². The number of carbonyl (C=O) groups excluding carboxylic acids is 3. The SMILES string of the molecule is COc1cc(/C=C2\SC(=O)N(Cc3ccccc3)C2=O)cc(OC)c1OC(C)=O. The Morgan fingerprint density at radius 2 is 1.69 bits per heavy atom. The van der Waals surface area contributed by atoms with Crippen LogP contribution in [0.15, 0.2) is 47.4 Å². The average Bonchev–Trinajstić information content (AvgIpc) is 2.96.